The van der Waals surface area contributed by atoms with Crippen molar-refractivity contribution >= 4 is 48.5 Å². The van der Waals surface area contributed by atoms with Gasteiger partial charge in [-0.25, -0.2) is 4.98 Å². The molecule has 0 aliphatic carbocycles. The van der Waals surface area contributed by atoms with E-state index >= 15 is 0 Å². The van der Waals surface area contributed by atoms with Crippen molar-refractivity contribution in [1.29, 1.82) is 0 Å². The summed E-state index contributed by atoms with van der Waals surface area (Å²) in [6.07, 6.45) is -9.66. The van der Waals surface area contributed by atoms with Gasteiger partial charge in [-0.2, -0.15) is 26.3 Å². The molecular weight excluding hydrogens is 536 g/mol. The first kappa shape index (κ1) is 25.4. The average Bonchev–Trinajstić information content (AvgIpc) is 3.11. The third kappa shape index (κ3) is 6.24. The maximum absolute atomic E-state index is 13.3. The van der Waals surface area contributed by atoms with Crippen LogP contribution in [0.2, 0.25) is 0 Å². The Kier molecular flexibility index (Phi) is 7.39. The molecule has 178 valence electrons. The van der Waals surface area contributed by atoms with Crippen molar-refractivity contribution in [3.8, 4) is 0 Å². The molecule has 1 aromatic heterocycles. The molecule has 33 heavy (non-hydrogen) atoms. The second-order valence-electron chi connectivity index (χ2n) is 7.52. The van der Waals surface area contributed by atoms with Crippen LogP contribution in [0.25, 0.3) is 10.2 Å². The van der Waals surface area contributed by atoms with Gasteiger partial charge >= 0.3 is 12.4 Å². The summed E-state index contributed by atoms with van der Waals surface area (Å²) in [7, 11) is 3.62. The van der Waals surface area contributed by atoms with E-state index in [2.05, 4.69) is 20.9 Å². The minimum atomic E-state index is -5.05. The number of rotatable bonds is 6. The van der Waals surface area contributed by atoms with Crippen LogP contribution in [0.3, 0.4) is 0 Å². The smallest absolute Gasteiger partial charge is 0.309 e. The number of halogens is 7. The van der Waals surface area contributed by atoms with E-state index in [9.17, 15) is 31.1 Å². The van der Waals surface area contributed by atoms with E-state index in [0.29, 0.717) is 35.3 Å². The highest BCUT2D eigenvalue weighted by Gasteiger charge is 2.38. The van der Waals surface area contributed by atoms with Crippen molar-refractivity contribution in [3.05, 3.63) is 57.6 Å². The number of nitrogens with zero attached hydrogens (tertiary/aromatic N) is 3. The highest BCUT2D eigenvalue weighted by Crippen LogP contribution is 2.37. The maximum Gasteiger partial charge on any atom is 0.416 e. The molecule has 3 rings (SSSR count). The Balaban J connectivity index is 2.08. The van der Waals surface area contributed by atoms with Gasteiger partial charge in [-0.15, -0.1) is 0 Å². The minimum absolute atomic E-state index is 0.00236. The van der Waals surface area contributed by atoms with E-state index in [1.807, 2.05) is 19.0 Å². The fourth-order valence-corrected chi connectivity index (χ4v) is 4.61. The van der Waals surface area contributed by atoms with E-state index in [1.165, 1.54) is 0 Å². The summed E-state index contributed by atoms with van der Waals surface area (Å²) in [6.45, 7) is 0.617. The monoisotopic (exact) mass is 553 g/mol. The van der Waals surface area contributed by atoms with Crippen molar-refractivity contribution in [1.82, 2.24) is 9.88 Å². The first-order valence-electron chi connectivity index (χ1n) is 9.58. The lowest BCUT2D eigenvalue weighted by molar-refractivity contribution is -0.143. The van der Waals surface area contributed by atoms with Crippen molar-refractivity contribution < 1.29 is 31.1 Å². The molecule has 0 saturated heterocycles. The van der Waals surface area contributed by atoms with Gasteiger partial charge in [0.05, 0.1) is 21.3 Å². The van der Waals surface area contributed by atoms with Gasteiger partial charge in [0.25, 0.3) is 5.91 Å². The lowest BCUT2D eigenvalue weighted by Gasteiger charge is -2.22. The van der Waals surface area contributed by atoms with Crippen LogP contribution in [0, 0.1) is 0 Å². The molecule has 12 heteroatoms. The summed E-state index contributed by atoms with van der Waals surface area (Å²) < 4.78 is 81.2. The summed E-state index contributed by atoms with van der Waals surface area (Å²) in [5, 5.41) is 0.192. The quantitative estimate of drug-likeness (QED) is 0.319. The van der Waals surface area contributed by atoms with E-state index in [-0.39, 0.29) is 17.7 Å². The lowest BCUT2D eigenvalue weighted by Crippen LogP contribution is -2.34. The first-order valence-corrected chi connectivity index (χ1v) is 11.2. The number of thiazole rings is 1. The van der Waals surface area contributed by atoms with Crippen molar-refractivity contribution in [3.63, 3.8) is 0 Å². The second kappa shape index (κ2) is 9.59. The highest BCUT2D eigenvalue weighted by atomic mass is 79.9. The van der Waals surface area contributed by atoms with Gasteiger partial charge < -0.3 is 4.90 Å². The van der Waals surface area contributed by atoms with Gasteiger partial charge in [0, 0.05) is 16.6 Å². The molecule has 0 unspecified atom stereocenters. The second-order valence-corrected chi connectivity index (χ2v) is 9.44. The van der Waals surface area contributed by atoms with Gasteiger partial charge in [0.2, 0.25) is 0 Å². The number of fused-ring (bicyclic) bond motifs is 1. The molecule has 0 atom stereocenters. The number of carbonyl (C=O) groups excluding carboxylic acids is 1. The Hall–Kier alpha value is -2.18. The summed E-state index contributed by atoms with van der Waals surface area (Å²) >= 11 is 4.46. The number of benzene rings is 2. The standard InChI is InChI=1S/C21H18BrF6N3OS/c1-30(2)6-3-7-31(19-29-16-5-4-15(22)11-17(16)33-19)18(32)12-8-13(20(23,24)25)10-14(9-12)21(26,27)28/h4-5,8-11H,3,6-7H2,1-2H3. The van der Waals surface area contributed by atoms with Crippen LogP contribution < -0.4 is 4.90 Å². The van der Waals surface area contributed by atoms with Crippen LogP contribution >= 0.6 is 27.3 Å². The van der Waals surface area contributed by atoms with E-state index in [0.717, 1.165) is 20.7 Å². The number of anilines is 1. The van der Waals surface area contributed by atoms with Crippen LogP contribution in [-0.2, 0) is 12.4 Å². The van der Waals surface area contributed by atoms with Gasteiger partial charge in [-0.1, -0.05) is 27.3 Å². The maximum atomic E-state index is 13.3. The SMILES string of the molecule is CN(C)CCCN(C(=O)c1cc(C(F)(F)F)cc(C(F)(F)F)c1)c1nc2ccc(Br)cc2s1. The molecule has 0 bridgehead atoms. The molecule has 4 nitrogen and oxygen atoms in total. The molecule has 0 aliphatic heterocycles. The fourth-order valence-electron chi connectivity index (χ4n) is 3.07. The van der Waals surface area contributed by atoms with E-state index in [1.54, 1.807) is 18.2 Å². The van der Waals surface area contributed by atoms with Crippen molar-refractivity contribution in [2.45, 2.75) is 18.8 Å². The number of hydrogen-bond donors (Lipinski definition) is 0. The predicted octanol–water partition coefficient (Wildman–Crippen LogP) is 6.69. The minimum Gasteiger partial charge on any atom is -0.309 e. The molecule has 0 radical (unpaired) electrons. The largest absolute Gasteiger partial charge is 0.416 e. The summed E-state index contributed by atoms with van der Waals surface area (Å²) in [5.41, 5.74) is -3.23. The average molecular weight is 554 g/mol. The molecule has 1 amide bonds. The number of carbonyl (C=O) groups is 1. The Morgan fingerprint density at radius 2 is 1.58 bits per heavy atom. The normalized spacial score (nSPS) is 12.5. The predicted molar refractivity (Wildman–Crippen MR) is 119 cm³/mol. The van der Waals surface area contributed by atoms with Gasteiger partial charge in [-0.3, -0.25) is 9.69 Å². The lowest BCUT2D eigenvalue weighted by atomic mass is 10.0. The molecule has 0 N–H and O–H groups in total. The Morgan fingerprint density at radius 3 is 2.12 bits per heavy atom. The molecule has 0 aliphatic rings. The number of amides is 1. The van der Waals surface area contributed by atoms with Crippen molar-refractivity contribution in [2.24, 2.45) is 0 Å². The van der Waals surface area contributed by atoms with Gasteiger partial charge in [0.1, 0.15) is 0 Å². The number of hydrogen-bond acceptors (Lipinski definition) is 4. The van der Waals surface area contributed by atoms with Crippen LogP contribution in [-0.4, -0.2) is 43.0 Å². The zero-order valence-corrected chi connectivity index (χ0v) is 19.8. The Bertz CT molecular complexity index is 1130. The Labute approximate surface area is 197 Å². The third-order valence-electron chi connectivity index (χ3n) is 4.64. The van der Waals surface area contributed by atoms with Gasteiger partial charge in [-0.05, 0) is 63.5 Å². The molecule has 0 spiro atoms. The summed E-state index contributed by atoms with van der Waals surface area (Å²) in [4.78, 5) is 20.6. The first-order chi connectivity index (χ1) is 15.3. The molecular formula is C21H18BrF6N3OS. The number of alkyl halides is 6. The molecule has 2 aromatic carbocycles. The van der Waals surface area contributed by atoms with Crippen LogP contribution in [0.15, 0.2) is 40.9 Å². The topological polar surface area (TPSA) is 36.4 Å². The van der Waals surface area contributed by atoms with Crippen LogP contribution in [0.4, 0.5) is 31.5 Å². The van der Waals surface area contributed by atoms with Crippen molar-refractivity contribution in [2.75, 3.05) is 32.1 Å². The van der Waals surface area contributed by atoms with E-state index in [4.69, 9.17) is 0 Å². The molecule has 1 heterocycles. The molecule has 0 saturated carbocycles. The third-order valence-corrected chi connectivity index (χ3v) is 6.17. The summed E-state index contributed by atoms with van der Waals surface area (Å²) in [5.74, 6) is -0.983. The highest BCUT2D eigenvalue weighted by molar-refractivity contribution is 9.10. The van der Waals surface area contributed by atoms with E-state index < -0.39 is 35.0 Å². The fraction of sp³-hybridized carbons (Fsp3) is 0.333. The van der Waals surface area contributed by atoms with Crippen LogP contribution in [0.1, 0.15) is 27.9 Å². The Morgan fingerprint density at radius 1 is 0.970 bits per heavy atom. The molecule has 3 aromatic rings. The molecule has 0 fully saturated rings. The summed E-state index contributed by atoms with van der Waals surface area (Å²) in [6, 6.07) is 6.11. The zero-order valence-electron chi connectivity index (χ0n) is 17.4. The van der Waals surface area contributed by atoms with Gasteiger partial charge in [0.15, 0.2) is 5.13 Å². The van der Waals surface area contributed by atoms with Crippen LogP contribution in [0.5, 0.6) is 0 Å². The number of aromatic nitrogens is 1. The zero-order chi connectivity index (χ0) is 24.6.